The number of nitrogens with zero attached hydrogens (tertiary/aromatic N) is 2. The average molecular weight is 444 g/mol. The predicted molar refractivity (Wildman–Crippen MR) is 86.7 cm³/mol. The van der Waals surface area contributed by atoms with Crippen molar-refractivity contribution < 1.29 is 9.90 Å². The van der Waals surface area contributed by atoms with Gasteiger partial charge in [-0.25, -0.2) is 14.8 Å². The van der Waals surface area contributed by atoms with Crippen LogP contribution in [0.4, 0.5) is 0 Å². The van der Waals surface area contributed by atoms with Crippen molar-refractivity contribution in [3.05, 3.63) is 44.1 Å². The first-order valence-electron chi connectivity index (χ1n) is 5.59. The van der Waals surface area contributed by atoms with Crippen molar-refractivity contribution in [2.45, 2.75) is 0 Å². The number of H-pyrrole nitrogens is 1. The summed E-state index contributed by atoms with van der Waals surface area (Å²) in [6.07, 6.45) is 1.31. The van der Waals surface area contributed by atoms with E-state index < -0.39 is 5.97 Å². The lowest BCUT2D eigenvalue weighted by Crippen LogP contribution is -1.96. The van der Waals surface area contributed by atoms with Crippen molar-refractivity contribution in [2.24, 2.45) is 0 Å². The first kappa shape index (κ1) is 13.5. The van der Waals surface area contributed by atoms with Crippen molar-refractivity contribution in [3.63, 3.8) is 0 Å². The smallest absolute Gasteiger partial charge is 0.337 e. The molecular weight excluding hydrogens is 437 g/mol. The zero-order valence-corrected chi connectivity index (χ0v) is 13.6. The molecule has 0 spiro atoms. The van der Waals surface area contributed by atoms with Crippen LogP contribution in [0, 0.1) is 3.57 Å². The van der Waals surface area contributed by atoms with Crippen LogP contribution in [0.5, 0.6) is 0 Å². The average Bonchev–Trinajstić information content (AvgIpc) is 2.83. The Balaban J connectivity index is 2.17. The molecule has 0 unspecified atom stereocenters. The van der Waals surface area contributed by atoms with Crippen molar-refractivity contribution in [1.29, 1.82) is 0 Å². The highest BCUT2D eigenvalue weighted by Crippen LogP contribution is 2.27. The van der Waals surface area contributed by atoms with Crippen LogP contribution in [0.3, 0.4) is 0 Å². The van der Waals surface area contributed by atoms with Gasteiger partial charge in [0.05, 0.1) is 11.1 Å². The Kier molecular flexibility index (Phi) is 3.47. The Morgan fingerprint density at radius 3 is 2.90 bits per heavy atom. The minimum Gasteiger partial charge on any atom is -0.478 e. The third-order valence-electron chi connectivity index (χ3n) is 2.77. The van der Waals surface area contributed by atoms with Crippen LogP contribution in [0.15, 0.2) is 34.9 Å². The van der Waals surface area contributed by atoms with E-state index in [4.69, 9.17) is 5.11 Å². The molecule has 0 fully saturated rings. The van der Waals surface area contributed by atoms with Crippen molar-refractivity contribution in [3.8, 4) is 11.4 Å². The molecule has 2 heterocycles. The fourth-order valence-electron chi connectivity index (χ4n) is 1.82. The quantitative estimate of drug-likeness (QED) is 0.592. The van der Waals surface area contributed by atoms with Gasteiger partial charge in [-0.15, -0.1) is 0 Å². The third-order valence-corrected chi connectivity index (χ3v) is 4.20. The molecule has 0 saturated heterocycles. The molecule has 0 radical (unpaired) electrons. The van der Waals surface area contributed by atoms with Gasteiger partial charge in [0.1, 0.15) is 5.82 Å². The van der Waals surface area contributed by atoms with Crippen LogP contribution in [0.25, 0.3) is 22.6 Å². The van der Waals surface area contributed by atoms with Crippen LogP contribution < -0.4 is 0 Å². The van der Waals surface area contributed by atoms with Gasteiger partial charge >= 0.3 is 5.97 Å². The van der Waals surface area contributed by atoms with Crippen LogP contribution in [0.1, 0.15) is 10.4 Å². The summed E-state index contributed by atoms with van der Waals surface area (Å²) in [5.41, 5.74) is 2.18. The molecule has 0 bridgehead atoms. The number of hydrogen-bond donors (Lipinski definition) is 2. The Morgan fingerprint density at radius 2 is 2.15 bits per heavy atom. The summed E-state index contributed by atoms with van der Waals surface area (Å²) in [6.45, 7) is 0. The number of fused-ring (bicyclic) bond motifs is 1. The van der Waals surface area contributed by atoms with E-state index in [1.807, 2.05) is 18.2 Å². The Morgan fingerprint density at radius 1 is 1.35 bits per heavy atom. The van der Waals surface area contributed by atoms with Gasteiger partial charge in [-0.05, 0) is 46.9 Å². The minimum atomic E-state index is -1.01. The number of carbonyl (C=O) groups is 1. The molecule has 3 aromatic rings. The second kappa shape index (κ2) is 5.13. The fourth-order valence-corrected chi connectivity index (χ4v) is 2.78. The number of benzene rings is 1. The number of rotatable bonds is 2. The number of carboxylic acids is 1. The van der Waals surface area contributed by atoms with Crippen LogP contribution in [-0.4, -0.2) is 26.0 Å². The van der Waals surface area contributed by atoms with E-state index in [9.17, 15) is 4.79 Å². The molecule has 5 nitrogen and oxygen atoms in total. The summed E-state index contributed by atoms with van der Waals surface area (Å²) in [4.78, 5) is 22.5. The largest absolute Gasteiger partial charge is 0.478 e. The SMILES string of the molecule is O=C(O)c1cnc2nc(-c3cc(Br)ccc3I)[nH]c2c1. The topological polar surface area (TPSA) is 78.9 Å². The molecule has 0 aliphatic heterocycles. The van der Waals surface area contributed by atoms with Gasteiger partial charge in [0, 0.05) is 19.8 Å². The molecule has 0 aliphatic carbocycles. The Labute approximate surface area is 135 Å². The van der Waals surface area contributed by atoms with Gasteiger partial charge in [-0.2, -0.15) is 0 Å². The number of aromatic carboxylic acids is 1. The molecule has 20 heavy (non-hydrogen) atoms. The van der Waals surface area contributed by atoms with E-state index in [1.165, 1.54) is 12.3 Å². The standard InChI is InChI=1S/C13H7BrIN3O2/c14-7-1-2-9(15)8(4-7)11-17-10-3-6(13(19)20)5-16-12(10)18-11/h1-5H,(H,19,20)(H,16,17,18). The van der Waals surface area contributed by atoms with Gasteiger partial charge in [-0.1, -0.05) is 15.9 Å². The van der Waals surface area contributed by atoms with Crippen molar-refractivity contribution in [1.82, 2.24) is 15.0 Å². The Bertz CT molecular complexity index is 832. The lowest BCUT2D eigenvalue weighted by atomic mass is 10.2. The maximum absolute atomic E-state index is 10.9. The first-order valence-corrected chi connectivity index (χ1v) is 7.46. The summed E-state index contributed by atoms with van der Waals surface area (Å²) in [5, 5.41) is 8.97. The molecule has 0 aliphatic rings. The summed E-state index contributed by atoms with van der Waals surface area (Å²) < 4.78 is 2.00. The second-order valence-corrected chi connectivity index (χ2v) is 6.19. The van der Waals surface area contributed by atoms with E-state index in [2.05, 4.69) is 53.5 Å². The van der Waals surface area contributed by atoms with Gasteiger partial charge in [0.2, 0.25) is 0 Å². The van der Waals surface area contributed by atoms with Crippen LogP contribution in [0.2, 0.25) is 0 Å². The highest BCUT2D eigenvalue weighted by Gasteiger charge is 2.12. The van der Waals surface area contributed by atoms with E-state index in [0.717, 1.165) is 13.6 Å². The number of halogens is 2. The van der Waals surface area contributed by atoms with E-state index in [-0.39, 0.29) is 5.56 Å². The summed E-state index contributed by atoms with van der Waals surface area (Å²) in [6, 6.07) is 7.42. The van der Waals surface area contributed by atoms with Gasteiger partial charge < -0.3 is 10.1 Å². The molecule has 0 saturated carbocycles. The molecule has 7 heteroatoms. The highest BCUT2D eigenvalue weighted by atomic mass is 127. The number of carboxylic acid groups (broad SMARTS) is 1. The summed E-state index contributed by atoms with van der Waals surface area (Å²) >= 11 is 5.66. The molecular formula is C13H7BrIN3O2. The van der Waals surface area contributed by atoms with Crippen LogP contribution in [-0.2, 0) is 0 Å². The van der Waals surface area contributed by atoms with Crippen LogP contribution >= 0.6 is 38.5 Å². The van der Waals surface area contributed by atoms with E-state index in [1.54, 1.807) is 0 Å². The normalized spacial score (nSPS) is 10.9. The summed E-state index contributed by atoms with van der Waals surface area (Å²) in [7, 11) is 0. The minimum absolute atomic E-state index is 0.136. The lowest BCUT2D eigenvalue weighted by molar-refractivity contribution is 0.0696. The first-order chi connectivity index (χ1) is 9.54. The maximum atomic E-state index is 10.9. The van der Waals surface area contributed by atoms with Gasteiger partial charge in [0.25, 0.3) is 0 Å². The molecule has 2 aromatic heterocycles. The van der Waals surface area contributed by atoms with E-state index >= 15 is 0 Å². The third kappa shape index (κ3) is 2.42. The molecule has 0 amide bonds. The fraction of sp³-hybridized carbons (Fsp3) is 0. The second-order valence-electron chi connectivity index (χ2n) is 4.11. The van der Waals surface area contributed by atoms with E-state index in [0.29, 0.717) is 17.0 Å². The number of hydrogen-bond acceptors (Lipinski definition) is 3. The lowest BCUT2D eigenvalue weighted by Gasteiger charge is -2.01. The zero-order valence-electron chi connectivity index (χ0n) is 9.89. The maximum Gasteiger partial charge on any atom is 0.337 e. The molecule has 3 rings (SSSR count). The number of imidazole rings is 1. The number of pyridine rings is 1. The molecule has 0 atom stereocenters. The highest BCUT2D eigenvalue weighted by molar-refractivity contribution is 14.1. The zero-order chi connectivity index (χ0) is 14.3. The predicted octanol–water partition coefficient (Wildman–Crippen LogP) is 3.69. The molecule has 1 aromatic carbocycles. The molecule has 2 N–H and O–H groups in total. The van der Waals surface area contributed by atoms with Gasteiger partial charge in [-0.3, -0.25) is 0 Å². The Hall–Kier alpha value is -1.48. The van der Waals surface area contributed by atoms with Gasteiger partial charge in [0.15, 0.2) is 5.65 Å². The summed E-state index contributed by atoms with van der Waals surface area (Å²) in [5.74, 6) is -0.340. The molecule has 100 valence electrons. The van der Waals surface area contributed by atoms with Crippen molar-refractivity contribution in [2.75, 3.05) is 0 Å². The van der Waals surface area contributed by atoms with Crippen molar-refractivity contribution >= 4 is 55.7 Å². The number of aromatic amines is 1. The number of nitrogens with one attached hydrogen (secondary N) is 1. The monoisotopic (exact) mass is 443 g/mol. The number of aromatic nitrogens is 3.